The standard InChI is InChI=1S/C22H23NO6/c1-14-21(22(26)23-16(11-24)12-25)18-10-17(8-9-19(18)28-14)29-20(13-27-2)15-6-4-3-5-7-15/h3-11,16,20,25H,12-13H2,1-2H3,(H,23,26). The molecule has 7 nitrogen and oxygen atoms in total. The fraction of sp³-hybridized carbons (Fsp3) is 0.273. The van der Waals surface area contributed by atoms with Crippen molar-refractivity contribution in [3.8, 4) is 5.75 Å². The summed E-state index contributed by atoms with van der Waals surface area (Å²) < 4.78 is 17.1. The number of furan rings is 1. The molecule has 1 aromatic heterocycles. The van der Waals surface area contributed by atoms with Gasteiger partial charge in [-0.05, 0) is 30.7 Å². The van der Waals surface area contributed by atoms with Crippen LogP contribution in [0.4, 0.5) is 0 Å². The Labute approximate surface area is 168 Å². The van der Waals surface area contributed by atoms with Gasteiger partial charge in [0.25, 0.3) is 5.91 Å². The predicted molar refractivity (Wildman–Crippen MR) is 107 cm³/mol. The van der Waals surface area contributed by atoms with Gasteiger partial charge < -0.3 is 29.1 Å². The van der Waals surface area contributed by atoms with Crippen molar-refractivity contribution in [2.75, 3.05) is 20.3 Å². The van der Waals surface area contributed by atoms with Gasteiger partial charge in [-0.25, -0.2) is 0 Å². The lowest BCUT2D eigenvalue weighted by Gasteiger charge is -2.19. The fourth-order valence-electron chi connectivity index (χ4n) is 3.10. The minimum Gasteiger partial charge on any atom is -0.483 e. The number of fused-ring (bicyclic) bond motifs is 1. The number of carbonyl (C=O) groups excluding carboxylic acids is 2. The summed E-state index contributed by atoms with van der Waals surface area (Å²) >= 11 is 0. The summed E-state index contributed by atoms with van der Waals surface area (Å²) in [4.78, 5) is 23.6. The molecular formula is C22H23NO6. The van der Waals surface area contributed by atoms with Gasteiger partial charge in [-0.1, -0.05) is 30.3 Å². The highest BCUT2D eigenvalue weighted by Gasteiger charge is 2.22. The lowest BCUT2D eigenvalue weighted by atomic mass is 10.1. The number of nitrogens with one attached hydrogen (secondary N) is 1. The molecule has 0 saturated heterocycles. The molecule has 7 heteroatoms. The molecule has 2 aromatic carbocycles. The second-order valence-electron chi connectivity index (χ2n) is 6.56. The van der Waals surface area contributed by atoms with E-state index in [-0.39, 0.29) is 6.10 Å². The van der Waals surface area contributed by atoms with Crippen molar-refractivity contribution in [2.24, 2.45) is 0 Å². The van der Waals surface area contributed by atoms with E-state index in [0.717, 1.165) is 5.56 Å². The van der Waals surface area contributed by atoms with Crippen LogP contribution in [0.25, 0.3) is 11.0 Å². The van der Waals surface area contributed by atoms with Crippen LogP contribution in [-0.4, -0.2) is 43.7 Å². The molecule has 29 heavy (non-hydrogen) atoms. The van der Waals surface area contributed by atoms with Crippen molar-refractivity contribution in [3.63, 3.8) is 0 Å². The monoisotopic (exact) mass is 397 g/mol. The lowest BCUT2D eigenvalue weighted by molar-refractivity contribution is -0.110. The SMILES string of the molecule is COCC(Oc1ccc2oc(C)c(C(=O)NC(C=O)CO)c2c1)c1ccccc1. The molecule has 0 saturated carbocycles. The minimum absolute atomic E-state index is 0.300. The Morgan fingerprint density at radius 3 is 2.66 bits per heavy atom. The Hall–Kier alpha value is -3.16. The number of amides is 1. The molecule has 3 rings (SSSR count). The van der Waals surface area contributed by atoms with Crippen molar-refractivity contribution < 1.29 is 28.6 Å². The molecule has 2 unspecified atom stereocenters. The summed E-state index contributed by atoms with van der Waals surface area (Å²) in [5.41, 5.74) is 1.79. The van der Waals surface area contributed by atoms with Gasteiger partial charge in [0.05, 0.1) is 18.8 Å². The van der Waals surface area contributed by atoms with Gasteiger partial charge in [0.15, 0.2) is 0 Å². The summed E-state index contributed by atoms with van der Waals surface area (Å²) in [7, 11) is 1.61. The van der Waals surface area contributed by atoms with Crippen LogP contribution in [0.1, 0.15) is 27.8 Å². The molecule has 2 atom stereocenters. The maximum atomic E-state index is 12.6. The first-order chi connectivity index (χ1) is 14.1. The average molecular weight is 397 g/mol. The molecule has 0 spiro atoms. The summed E-state index contributed by atoms with van der Waals surface area (Å²) in [5.74, 6) is 0.460. The number of aldehydes is 1. The molecule has 1 heterocycles. The number of rotatable bonds is 9. The Bertz CT molecular complexity index is 982. The van der Waals surface area contributed by atoms with Crippen molar-refractivity contribution in [1.82, 2.24) is 5.32 Å². The Morgan fingerprint density at radius 1 is 1.24 bits per heavy atom. The highest BCUT2D eigenvalue weighted by atomic mass is 16.5. The second kappa shape index (κ2) is 9.36. The number of ether oxygens (including phenoxy) is 2. The molecule has 0 fully saturated rings. The number of carbonyl (C=O) groups is 2. The van der Waals surface area contributed by atoms with Crippen LogP contribution < -0.4 is 10.1 Å². The largest absolute Gasteiger partial charge is 0.483 e. The van der Waals surface area contributed by atoms with Gasteiger partial charge in [0, 0.05) is 12.5 Å². The van der Waals surface area contributed by atoms with Crippen LogP contribution in [0.2, 0.25) is 0 Å². The number of aliphatic hydroxyl groups is 1. The first kappa shape index (κ1) is 20.6. The van der Waals surface area contributed by atoms with E-state index in [2.05, 4.69) is 5.32 Å². The Kier molecular flexibility index (Phi) is 6.64. The van der Waals surface area contributed by atoms with E-state index in [1.165, 1.54) is 0 Å². The maximum absolute atomic E-state index is 12.6. The third-order valence-corrected chi connectivity index (χ3v) is 4.51. The normalized spacial score (nSPS) is 13.1. The van der Waals surface area contributed by atoms with E-state index in [1.807, 2.05) is 30.3 Å². The van der Waals surface area contributed by atoms with Crippen LogP contribution in [0, 0.1) is 6.92 Å². The van der Waals surface area contributed by atoms with Crippen molar-refractivity contribution in [1.29, 1.82) is 0 Å². The summed E-state index contributed by atoms with van der Waals surface area (Å²) in [5, 5.41) is 12.2. The molecule has 152 valence electrons. The second-order valence-corrected chi connectivity index (χ2v) is 6.56. The third kappa shape index (κ3) is 4.64. The zero-order chi connectivity index (χ0) is 20.8. The molecule has 0 bridgehead atoms. The van der Waals surface area contributed by atoms with Crippen LogP contribution in [0.3, 0.4) is 0 Å². The van der Waals surface area contributed by atoms with Gasteiger partial charge >= 0.3 is 0 Å². The predicted octanol–water partition coefficient (Wildman–Crippen LogP) is 2.80. The van der Waals surface area contributed by atoms with Gasteiger partial charge in [-0.3, -0.25) is 4.79 Å². The van der Waals surface area contributed by atoms with Crippen LogP contribution in [0.5, 0.6) is 5.75 Å². The molecule has 0 aliphatic heterocycles. The minimum atomic E-state index is -0.976. The van der Waals surface area contributed by atoms with E-state index < -0.39 is 18.6 Å². The fourth-order valence-corrected chi connectivity index (χ4v) is 3.10. The smallest absolute Gasteiger partial charge is 0.256 e. The molecular weight excluding hydrogens is 374 g/mol. The Morgan fingerprint density at radius 2 is 2.00 bits per heavy atom. The lowest BCUT2D eigenvalue weighted by Crippen LogP contribution is -2.38. The average Bonchev–Trinajstić information content (AvgIpc) is 3.07. The topological polar surface area (TPSA) is 98.0 Å². The van der Waals surface area contributed by atoms with Crippen LogP contribution >= 0.6 is 0 Å². The van der Waals surface area contributed by atoms with E-state index in [4.69, 9.17) is 19.0 Å². The van der Waals surface area contributed by atoms with E-state index in [9.17, 15) is 9.59 Å². The van der Waals surface area contributed by atoms with Gasteiger partial charge in [0.1, 0.15) is 35.5 Å². The molecule has 0 radical (unpaired) electrons. The zero-order valence-electron chi connectivity index (χ0n) is 16.3. The van der Waals surface area contributed by atoms with Crippen molar-refractivity contribution in [2.45, 2.75) is 19.1 Å². The number of hydrogen-bond donors (Lipinski definition) is 2. The molecule has 0 aliphatic rings. The van der Waals surface area contributed by atoms with Crippen molar-refractivity contribution >= 4 is 23.2 Å². The Balaban J connectivity index is 1.92. The van der Waals surface area contributed by atoms with E-state index in [0.29, 0.717) is 40.9 Å². The van der Waals surface area contributed by atoms with E-state index >= 15 is 0 Å². The van der Waals surface area contributed by atoms with Crippen molar-refractivity contribution in [3.05, 3.63) is 65.4 Å². The number of hydrogen-bond acceptors (Lipinski definition) is 6. The summed E-state index contributed by atoms with van der Waals surface area (Å²) in [6.45, 7) is 1.55. The number of aryl methyl sites for hydroxylation is 1. The molecule has 0 aliphatic carbocycles. The highest BCUT2D eigenvalue weighted by Crippen LogP contribution is 2.31. The third-order valence-electron chi connectivity index (χ3n) is 4.51. The molecule has 2 N–H and O–H groups in total. The number of benzene rings is 2. The highest BCUT2D eigenvalue weighted by molar-refractivity contribution is 6.08. The zero-order valence-corrected chi connectivity index (χ0v) is 16.3. The maximum Gasteiger partial charge on any atom is 0.256 e. The van der Waals surface area contributed by atoms with E-state index in [1.54, 1.807) is 32.2 Å². The molecule has 1 amide bonds. The van der Waals surface area contributed by atoms with Crippen LogP contribution in [0.15, 0.2) is 52.9 Å². The first-order valence-corrected chi connectivity index (χ1v) is 9.18. The van der Waals surface area contributed by atoms with Gasteiger partial charge in [0.2, 0.25) is 0 Å². The molecule has 3 aromatic rings. The number of aliphatic hydroxyl groups excluding tert-OH is 1. The number of methoxy groups -OCH3 is 1. The first-order valence-electron chi connectivity index (χ1n) is 9.18. The summed E-state index contributed by atoms with van der Waals surface area (Å²) in [6, 6.07) is 13.9. The van der Waals surface area contributed by atoms with Crippen LogP contribution in [-0.2, 0) is 9.53 Å². The van der Waals surface area contributed by atoms with Gasteiger partial charge in [-0.2, -0.15) is 0 Å². The van der Waals surface area contributed by atoms with Gasteiger partial charge in [-0.15, -0.1) is 0 Å². The summed E-state index contributed by atoms with van der Waals surface area (Å²) in [6.07, 6.45) is 0.164. The quantitative estimate of drug-likeness (QED) is 0.539.